The van der Waals surface area contributed by atoms with E-state index in [1.807, 2.05) is 0 Å². The second-order valence-electron chi connectivity index (χ2n) is 7.56. The van der Waals surface area contributed by atoms with E-state index in [-0.39, 0.29) is 0 Å². The minimum absolute atomic E-state index is 0.517. The highest BCUT2D eigenvalue weighted by Gasteiger charge is 2.27. The molecule has 2 aliphatic rings. The molecule has 0 amide bonds. The summed E-state index contributed by atoms with van der Waals surface area (Å²) in [5.74, 6) is 1.17. The van der Waals surface area contributed by atoms with Crippen LogP contribution >= 0.6 is 0 Å². The Kier molecular flexibility index (Phi) is 5.02. The Labute approximate surface area is 151 Å². The summed E-state index contributed by atoms with van der Waals surface area (Å²) in [7, 11) is 0. The summed E-state index contributed by atoms with van der Waals surface area (Å²) in [5.41, 5.74) is 4.24. The first kappa shape index (κ1) is 16.6. The number of rotatable bonds is 4. The summed E-state index contributed by atoms with van der Waals surface area (Å²) in [6.07, 6.45) is 8.66. The summed E-state index contributed by atoms with van der Waals surface area (Å²) in [6.45, 7) is 6.82. The lowest BCUT2D eigenvalue weighted by Gasteiger charge is -2.30. The lowest BCUT2D eigenvalue weighted by atomic mass is 10.0. The molecule has 0 radical (unpaired) electrons. The van der Waals surface area contributed by atoms with Gasteiger partial charge in [0.15, 0.2) is 0 Å². The molecule has 2 fully saturated rings. The molecule has 2 aromatic rings. The summed E-state index contributed by atoms with van der Waals surface area (Å²) in [5, 5.41) is 0. The molecule has 2 saturated heterocycles. The van der Waals surface area contributed by atoms with Crippen LogP contribution in [-0.4, -0.2) is 29.5 Å². The van der Waals surface area contributed by atoms with Crippen molar-refractivity contribution in [2.45, 2.75) is 51.6 Å². The molecule has 0 bridgehead atoms. The molecule has 3 nitrogen and oxygen atoms in total. The van der Waals surface area contributed by atoms with Gasteiger partial charge in [-0.15, -0.1) is 0 Å². The molecule has 0 N–H and O–H groups in total. The van der Waals surface area contributed by atoms with Crippen molar-refractivity contribution >= 4 is 5.82 Å². The molecular weight excluding hydrogens is 306 g/mol. The molecule has 4 rings (SSSR count). The second kappa shape index (κ2) is 7.57. The van der Waals surface area contributed by atoms with E-state index in [1.54, 1.807) is 0 Å². The average molecular weight is 335 g/mol. The van der Waals surface area contributed by atoms with E-state index in [2.05, 4.69) is 59.3 Å². The van der Waals surface area contributed by atoms with Crippen molar-refractivity contribution in [2.75, 3.05) is 24.5 Å². The molecule has 0 unspecified atom stereocenters. The summed E-state index contributed by atoms with van der Waals surface area (Å²) < 4.78 is 0. The van der Waals surface area contributed by atoms with Gasteiger partial charge in [0.1, 0.15) is 5.82 Å². The minimum atomic E-state index is 0.517. The summed E-state index contributed by atoms with van der Waals surface area (Å²) in [4.78, 5) is 9.93. The highest BCUT2D eigenvalue weighted by molar-refractivity contribution is 5.44. The highest BCUT2D eigenvalue weighted by Crippen LogP contribution is 2.35. The minimum Gasteiger partial charge on any atom is -0.357 e. The number of pyridine rings is 1. The standard InChI is InChI=1S/C22H29N3/c1-18-15-22(24-12-6-3-7-13-24)23-16-20(18)21-11-8-14-25(21)17-19-9-4-2-5-10-19/h2,4-5,9-10,15-16,21H,3,6-8,11-14,17H2,1H3/t21-/m1/s1. The monoisotopic (exact) mass is 335 g/mol. The molecule has 25 heavy (non-hydrogen) atoms. The molecule has 1 atom stereocenters. The van der Waals surface area contributed by atoms with Gasteiger partial charge in [0.25, 0.3) is 0 Å². The number of nitrogens with zero attached hydrogens (tertiary/aromatic N) is 3. The van der Waals surface area contributed by atoms with E-state index in [4.69, 9.17) is 4.98 Å². The zero-order valence-electron chi connectivity index (χ0n) is 15.3. The fraction of sp³-hybridized carbons (Fsp3) is 0.500. The lowest BCUT2D eigenvalue weighted by Crippen LogP contribution is -2.30. The molecule has 3 heteroatoms. The number of aryl methyl sites for hydroxylation is 1. The van der Waals surface area contributed by atoms with Crippen molar-refractivity contribution in [3.63, 3.8) is 0 Å². The third-order valence-corrected chi connectivity index (χ3v) is 5.77. The molecule has 0 aliphatic carbocycles. The van der Waals surface area contributed by atoms with Crippen LogP contribution < -0.4 is 4.90 Å². The van der Waals surface area contributed by atoms with Gasteiger partial charge in [0.2, 0.25) is 0 Å². The maximum atomic E-state index is 4.85. The van der Waals surface area contributed by atoms with E-state index in [9.17, 15) is 0 Å². The first-order chi connectivity index (χ1) is 12.3. The van der Waals surface area contributed by atoms with E-state index in [0.717, 1.165) is 19.6 Å². The summed E-state index contributed by atoms with van der Waals surface area (Å²) >= 11 is 0. The molecular formula is C22H29N3. The Balaban J connectivity index is 1.51. The van der Waals surface area contributed by atoms with Crippen LogP contribution in [0.4, 0.5) is 5.82 Å². The van der Waals surface area contributed by atoms with Crippen LogP contribution in [0.2, 0.25) is 0 Å². The highest BCUT2D eigenvalue weighted by atomic mass is 15.2. The van der Waals surface area contributed by atoms with Gasteiger partial charge < -0.3 is 4.90 Å². The van der Waals surface area contributed by atoms with Crippen LogP contribution in [0, 0.1) is 6.92 Å². The van der Waals surface area contributed by atoms with Crippen molar-refractivity contribution in [3.8, 4) is 0 Å². The first-order valence-electron chi connectivity index (χ1n) is 9.81. The molecule has 0 spiro atoms. The molecule has 0 saturated carbocycles. The quantitative estimate of drug-likeness (QED) is 0.806. The van der Waals surface area contributed by atoms with E-state index in [1.165, 1.54) is 61.2 Å². The van der Waals surface area contributed by atoms with Gasteiger partial charge in [-0.2, -0.15) is 0 Å². The normalized spacial score (nSPS) is 21.6. The predicted octanol–water partition coefficient (Wildman–Crippen LogP) is 4.72. The molecule has 3 heterocycles. The van der Waals surface area contributed by atoms with Crippen LogP contribution in [0.15, 0.2) is 42.6 Å². The number of piperidine rings is 1. The smallest absolute Gasteiger partial charge is 0.128 e. The Bertz CT molecular complexity index is 692. The Morgan fingerprint density at radius 1 is 1.00 bits per heavy atom. The van der Waals surface area contributed by atoms with Gasteiger partial charge in [0.05, 0.1) is 0 Å². The fourth-order valence-electron chi connectivity index (χ4n) is 4.38. The Morgan fingerprint density at radius 3 is 2.56 bits per heavy atom. The number of benzene rings is 1. The third-order valence-electron chi connectivity index (χ3n) is 5.77. The molecule has 132 valence electrons. The van der Waals surface area contributed by atoms with E-state index < -0.39 is 0 Å². The average Bonchev–Trinajstić information content (AvgIpc) is 3.11. The zero-order valence-corrected chi connectivity index (χ0v) is 15.3. The topological polar surface area (TPSA) is 19.4 Å². The first-order valence-corrected chi connectivity index (χ1v) is 9.81. The van der Waals surface area contributed by atoms with Crippen molar-refractivity contribution in [1.82, 2.24) is 9.88 Å². The van der Waals surface area contributed by atoms with Crippen LogP contribution in [0.3, 0.4) is 0 Å². The predicted molar refractivity (Wildman–Crippen MR) is 104 cm³/mol. The number of hydrogen-bond donors (Lipinski definition) is 0. The van der Waals surface area contributed by atoms with Gasteiger partial charge >= 0.3 is 0 Å². The largest absolute Gasteiger partial charge is 0.357 e. The SMILES string of the molecule is Cc1cc(N2CCCCC2)ncc1[C@H]1CCCN1Cc1ccccc1. The van der Waals surface area contributed by atoms with Gasteiger partial charge in [-0.05, 0) is 68.3 Å². The van der Waals surface area contributed by atoms with E-state index in [0.29, 0.717) is 6.04 Å². The number of likely N-dealkylation sites (tertiary alicyclic amines) is 1. The van der Waals surface area contributed by atoms with Crippen molar-refractivity contribution < 1.29 is 0 Å². The maximum absolute atomic E-state index is 4.85. The van der Waals surface area contributed by atoms with Gasteiger partial charge in [-0.1, -0.05) is 30.3 Å². The lowest BCUT2D eigenvalue weighted by molar-refractivity contribution is 0.247. The van der Waals surface area contributed by atoms with Gasteiger partial charge in [-0.3, -0.25) is 4.90 Å². The molecule has 1 aromatic carbocycles. The fourth-order valence-corrected chi connectivity index (χ4v) is 4.38. The third kappa shape index (κ3) is 3.72. The van der Waals surface area contributed by atoms with Crippen molar-refractivity contribution in [2.24, 2.45) is 0 Å². The van der Waals surface area contributed by atoms with Crippen LogP contribution in [0.1, 0.15) is 54.8 Å². The van der Waals surface area contributed by atoms with Crippen molar-refractivity contribution in [3.05, 3.63) is 59.3 Å². The van der Waals surface area contributed by atoms with Crippen LogP contribution in [-0.2, 0) is 6.54 Å². The number of anilines is 1. The number of aromatic nitrogens is 1. The second-order valence-corrected chi connectivity index (χ2v) is 7.56. The Morgan fingerprint density at radius 2 is 1.80 bits per heavy atom. The van der Waals surface area contributed by atoms with Gasteiger partial charge in [-0.25, -0.2) is 4.98 Å². The van der Waals surface area contributed by atoms with Crippen LogP contribution in [0.5, 0.6) is 0 Å². The van der Waals surface area contributed by atoms with E-state index >= 15 is 0 Å². The zero-order chi connectivity index (χ0) is 17.1. The molecule has 2 aliphatic heterocycles. The Hall–Kier alpha value is -1.87. The number of hydrogen-bond acceptors (Lipinski definition) is 3. The van der Waals surface area contributed by atoms with Crippen LogP contribution in [0.25, 0.3) is 0 Å². The van der Waals surface area contributed by atoms with Gasteiger partial charge in [0, 0.05) is 31.9 Å². The molecule has 1 aromatic heterocycles. The van der Waals surface area contributed by atoms with Crippen molar-refractivity contribution in [1.29, 1.82) is 0 Å². The summed E-state index contributed by atoms with van der Waals surface area (Å²) in [6, 6.07) is 13.7. The maximum Gasteiger partial charge on any atom is 0.128 e.